The molecule has 0 aromatic carbocycles. The van der Waals surface area contributed by atoms with Crippen LogP contribution in [-0.2, 0) is 9.59 Å². The van der Waals surface area contributed by atoms with Crippen LogP contribution in [0.2, 0.25) is 0 Å². The molecule has 4 nitrogen and oxygen atoms in total. The van der Waals surface area contributed by atoms with Crippen LogP contribution in [0.5, 0.6) is 0 Å². The number of rotatable bonds is 2. The van der Waals surface area contributed by atoms with Gasteiger partial charge in [-0.3, -0.25) is 9.59 Å². The van der Waals surface area contributed by atoms with Crippen molar-refractivity contribution in [2.75, 3.05) is 14.1 Å². The summed E-state index contributed by atoms with van der Waals surface area (Å²) >= 11 is 0. The molecule has 2 rings (SSSR count). The summed E-state index contributed by atoms with van der Waals surface area (Å²) in [5.41, 5.74) is 0. The summed E-state index contributed by atoms with van der Waals surface area (Å²) < 4.78 is 0. The van der Waals surface area contributed by atoms with E-state index < -0.39 is 0 Å². The summed E-state index contributed by atoms with van der Waals surface area (Å²) in [5.74, 6) is 0.116. The minimum atomic E-state index is -0.176. The van der Waals surface area contributed by atoms with E-state index in [1.165, 1.54) is 0 Å². The van der Waals surface area contributed by atoms with Crippen LogP contribution < -0.4 is 10.6 Å². The van der Waals surface area contributed by atoms with Gasteiger partial charge in [-0.25, -0.2) is 0 Å². The zero-order chi connectivity index (χ0) is 11.0. The van der Waals surface area contributed by atoms with Crippen molar-refractivity contribution in [1.29, 1.82) is 0 Å². The first kappa shape index (κ1) is 10.2. The summed E-state index contributed by atoms with van der Waals surface area (Å²) in [6.07, 6.45) is 5.09. The zero-order valence-electron chi connectivity index (χ0n) is 8.99. The molecule has 0 heterocycles. The van der Waals surface area contributed by atoms with Crippen LogP contribution in [0.3, 0.4) is 0 Å². The molecule has 0 unspecified atom stereocenters. The molecule has 0 spiro atoms. The lowest BCUT2D eigenvalue weighted by Gasteiger charge is -2.24. The maximum absolute atomic E-state index is 11.7. The Morgan fingerprint density at radius 3 is 1.73 bits per heavy atom. The average molecular weight is 208 g/mol. The van der Waals surface area contributed by atoms with E-state index in [9.17, 15) is 9.59 Å². The quantitative estimate of drug-likeness (QED) is 0.623. The van der Waals surface area contributed by atoms with Crippen LogP contribution in [0, 0.1) is 23.7 Å². The Balaban J connectivity index is 2.24. The van der Waals surface area contributed by atoms with Crippen LogP contribution in [0.4, 0.5) is 0 Å². The van der Waals surface area contributed by atoms with E-state index in [0.717, 1.165) is 6.42 Å². The Labute approximate surface area is 89.1 Å². The fourth-order valence-corrected chi connectivity index (χ4v) is 2.87. The summed E-state index contributed by atoms with van der Waals surface area (Å²) in [6, 6.07) is 0. The third-order valence-corrected chi connectivity index (χ3v) is 3.56. The highest BCUT2D eigenvalue weighted by molar-refractivity contribution is 5.89. The normalized spacial score (nSPS) is 36.7. The maximum atomic E-state index is 11.7. The molecular weight excluding hydrogens is 192 g/mol. The van der Waals surface area contributed by atoms with Gasteiger partial charge in [-0.05, 0) is 18.3 Å². The van der Waals surface area contributed by atoms with Gasteiger partial charge < -0.3 is 10.6 Å². The molecule has 0 saturated heterocycles. The van der Waals surface area contributed by atoms with Crippen molar-refractivity contribution in [3.8, 4) is 0 Å². The Morgan fingerprint density at radius 1 is 1.00 bits per heavy atom. The molecular formula is C11H16N2O2. The molecule has 4 heteroatoms. The van der Waals surface area contributed by atoms with E-state index in [1.54, 1.807) is 14.1 Å². The van der Waals surface area contributed by atoms with Gasteiger partial charge >= 0.3 is 0 Å². The topological polar surface area (TPSA) is 58.2 Å². The predicted octanol–water partition coefficient (Wildman–Crippen LogP) is -0.0833. The van der Waals surface area contributed by atoms with Crippen molar-refractivity contribution >= 4 is 11.8 Å². The molecule has 2 N–H and O–H groups in total. The van der Waals surface area contributed by atoms with Crippen molar-refractivity contribution in [2.45, 2.75) is 6.42 Å². The van der Waals surface area contributed by atoms with Gasteiger partial charge in [0, 0.05) is 14.1 Å². The molecule has 0 aliphatic heterocycles. The van der Waals surface area contributed by atoms with E-state index in [-0.39, 0.29) is 35.5 Å². The molecule has 2 aliphatic carbocycles. The van der Waals surface area contributed by atoms with Crippen molar-refractivity contribution < 1.29 is 9.59 Å². The molecule has 2 bridgehead atoms. The Bertz CT molecular complexity index is 295. The second-order valence-electron chi connectivity index (χ2n) is 4.23. The molecule has 82 valence electrons. The van der Waals surface area contributed by atoms with Crippen molar-refractivity contribution in [3.63, 3.8) is 0 Å². The molecule has 2 amide bonds. The molecule has 1 saturated carbocycles. The van der Waals surface area contributed by atoms with Crippen LogP contribution in [-0.4, -0.2) is 25.9 Å². The Morgan fingerprint density at radius 2 is 1.40 bits per heavy atom. The first-order valence-electron chi connectivity index (χ1n) is 5.30. The van der Waals surface area contributed by atoms with Crippen LogP contribution >= 0.6 is 0 Å². The number of hydrogen-bond donors (Lipinski definition) is 2. The van der Waals surface area contributed by atoms with Crippen molar-refractivity contribution in [1.82, 2.24) is 10.6 Å². The average Bonchev–Trinajstić information content (AvgIpc) is 2.86. The highest BCUT2D eigenvalue weighted by Crippen LogP contribution is 2.48. The highest BCUT2D eigenvalue weighted by Gasteiger charge is 2.50. The van der Waals surface area contributed by atoms with Crippen LogP contribution in [0.25, 0.3) is 0 Å². The summed E-state index contributed by atoms with van der Waals surface area (Å²) in [6.45, 7) is 0. The second kappa shape index (κ2) is 3.68. The smallest absolute Gasteiger partial charge is 0.224 e. The fraction of sp³-hybridized carbons (Fsp3) is 0.636. The minimum Gasteiger partial charge on any atom is -0.359 e. The van der Waals surface area contributed by atoms with Gasteiger partial charge in [0.25, 0.3) is 0 Å². The number of nitrogens with one attached hydrogen (secondary N) is 2. The lowest BCUT2D eigenvalue weighted by molar-refractivity contribution is -0.134. The summed E-state index contributed by atoms with van der Waals surface area (Å²) in [5, 5.41) is 5.30. The number of carbonyl (C=O) groups is 2. The number of amides is 2. The molecule has 0 radical (unpaired) electrons. The van der Waals surface area contributed by atoms with E-state index in [2.05, 4.69) is 22.8 Å². The van der Waals surface area contributed by atoms with E-state index >= 15 is 0 Å². The van der Waals surface area contributed by atoms with Gasteiger partial charge in [0.05, 0.1) is 11.8 Å². The van der Waals surface area contributed by atoms with E-state index in [0.29, 0.717) is 0 Å². The van der Waals surface area contributed by atoms with Crippen LogP contribution in [0.1, 0.15) is 6.42 Å². The lowest BCUT2D eigenvalue weighted by Crippen LogP contribution is -2.42. The molecule has 4 atom stereocenters. The predicted molar refractivity (Wildman–Crippen MR) is 55.9 cm³/mol. The van der Waals surface area contributed by atoms with Gasteiger partial charge in [-0.2, -0.15) is 0 Å². The fourth-order valence-electron chi connectivity index (χ4n) is 2.87. The highest BCUT2D eigenvalue weighted by atomic mass is 16.2. The first-order valence-corrected chi connectivity index (χ1v) is 5.30. The van der Waals surface area contributed by atoms with Gasteiger partial charge in [0.15, 0.2) is 0 Å². The molecule has 2 aliphatic rings. The van der Waals surface area contributed by atoms with Crippen molar-refractivity contribution in [2.24, 2.45) is 23.7 Å². The number of carbonyl (C=O) groups excluding carboxylic acids is 2. The third-order valence-electron chi connectivity index (χ3n) is 3.56. The minimum absolute atomic E-state index is 0.0135. The molecule has 0 aromatic heterocycles. The third kappa shape index (κ3) is 1.44. The number of fused-ring (bicyclic) bond motifs is 2. The SMILES string of the molecule is CNC(=O)[C@@H]1[C@@H](C(=O)NC)[C@H]2C=C[C@@H]1C2. The lowest BCUT2D eigenvalue weighted by atomic mass is 9.82. The summed E-state index contributed by atoms with van der Waals surface area (Å²) in [4.78, 5) is 23.4. The Hall–Kier alpha value is -1.32. The number of hydrogen-bond acceptors (Lipinski definition) is 2. The summed E-state index contributed by atoms with van der Waals surface area (Å²) in [7, 11) is 3.25. The van der Waals surface area contributed by atoms with Crippen LogP contribution in [0.15, 0.2) is 12.2 Å². The second-order valence-corrected chi connectivity index (χ2v) is 4.23. The van der Waals surface area contributed by atoms with Gasteiger partial charge in [0.1, 0.15) is 0 Å². The van der Waals surface area contributed by atoms with Gasteiger partial charge in [-0.15, -0.1) is 0 Å². The maximum Gasteiger partial charge on any atom is 0.224 e. The first-order chi connectivity index (χ1) is 7.19. The largest absolute Gasteiger partial charge is 0.359 e. The molecule has 15 heavy (non-hydrogen) atoms. The Kier molecular flexibility index (Phi) is 2.50. The molecule has 0 aromatic rings. The van der Waals surface area contributed by atoms with E-state index in [1.807, 2.05) is 0 Å². The van der Waals surface area contributed by atoms with Gasteiger partial charge in [-0.1, -0.05) is 12.2 Å². The molecule has 1 fully saturated rings. The zero-order valence-corrected chi connectivity index (χ0v) is 8.99. The van der Waals surface area contributed by atoms with E-state index in [4.69, 9.17) is 0 Å². The standard InChI is InChI=1S/C11H16N2O2/c1-12-10(14)8-6-3-4-7(5-6)9(8)11(15)13-2/h3-4,6-9H,5H2,1-2H3,(H,12,14)(H,13,15)/t6-,7+,8-,9-/m0/s1. The number of allylic oxidation sites excluding steroid dienone is 2. The monoisotopic (exact) mass is 208 g/mol. The van der Waals surface area contributed by atoms with Gasteiger partial charge in [0.2, 0.25) is 11.8 Å². The van der Waals surface area contributed by atoms with Crippen molar-refractivity contribution in [3.05, 3.63) is 12.2 Å².